The van der Waals surface area contributed by atoms with E-state index in [-0.39, 0.29) is 6.61 Å². The number of carbonyl (C=O) groups excluding carboxylic acids is 1. The number of thioether (sulfide) groups is 1. The van der Waals surface area contributed by atoms with Crippen molar-refractivity contribution >= 4 is 17.7 Å². The summed E-state index contributed by atoms with van der Waals surface area (Å²) in [5.41, 5.74) is -0.609. The average Bonchev–Trinajstić information content (AvgIpc) is 2.18. The summed E-state index contributed by atoms with van der Waals surface area (Å²) in [4.78, 5) is 11.7. The molecule has 82 valence electrons. The molecule has 1 atom stereocenters. The van der Waals surface area contributed by atoms with Gasteiger partial charge in [0, 0.05) is 4.90 Å². The molecule has 0 saturated carbocycles. The van der Waals surface area contributed by atoms with Crippen LogP contribution in [0.1, 0.15) is 12.5 Å². The first kappa shape index (κ1) is 12.0. The summed E-state index contributed by atoms with van der Waals surface area (Å²) >= 11 is 0.865. The molecule has 0 aromatic heterocycles. The molecule has 0 aliphatic rings. The molecule has 0 fully saturated rings. The highest BCUT2D eigenvalue weighted by atomic mass is 32.2. The summed E-state index contributed by atoms with van der Waals surface area (Å²) in [5, 5.41) is 0. The molecule has 2 nitrogen and oxygen atoms in total. The van der Waals surface area contributed by atoms with Gasteiger partial charge in [0.25, 0.3) is 0 Å². The van der Waals surface area contributed by atoms with Crippen molar-refractivity contribution in [1.82, 2.24) is 0 Å². The smallest absolute Gasteiger partial charge is 0.351 e. The van der Waals surface area contributed by atoms with Gasteiger partial charge in [0.15, 0.2) is 0 Å². The third-order valence-corrected chi connectivity index (χ3v) is 2.63. The second kappa shape index (κ2) is 5.75. The first-order valence-corrected chi connectivity index (χ1v) is 5.55. The van der Waals surface area contributed by atoms with Crippen molar-refractivity contribution in [2.75, 3.05) is 6.61 Å². The van der Waals surface area contributed by atoms with Crippen LogP contribution in [0.2, 0.25) is 0 Å². The topological polar surface area (TPSA) is 26.3 Å². The molecule has 1 aromatic carbocycles. The highest BCUT2D eigenvalue weighted by molar-refractivity contribution is 8.00. The summed E-state index contributed by atoms with van der Waals surface area (Å²) in [7, 11) is 0. The Balaban J connectivity index is 2.58. The zero-order chi connectivity index (χ0) is 11.3. The van der Waals surface area contributed by atoms with E-state index < -0.39 is 11.5 Å². The van der Waals surface area contributed by atoms with Crippen LogP contribution in [0.3, 0.4) is 0 Å². The zero-order valence-electron chi connectivity index (χ0n) is 8.70. The number of esters is 1. The van der Waals surface area contributed by atoms with Crippen LogP contribution in [0.5, 0.6) is 0 Å². The molecule has 0 heterocycles. The molecule has 1 aromatic rings. The molecule has 0 aliphatic heterocycles. The third kappa shape index (κ3) is 3.91. The van der Waals surface area contributed by atoms with E-state index in [0.717, 1.165) is 22.2 Å². The maximum absolute atomic E-state index is 13.3. The van der Waals surface area contributed by atoms with Crippen molar-refractivity contribution in [3.63, 3.8) is 0 Å². The minimum atomic E-state index is -1.65. The maximum atomic E-state index is 13.3. The van der Waals surface area contributed by atoms with E-state index in [0.29, 0.717) is 0 Å². The summed E-state index contributed by atoms with van der Waals surface area (Å²) < 4.78 is 17.9. The van der Waals surface area contributed by atoms with Crippen molar-refractivity contribution in [1.29, 1.82) is 0 Å². The zero-order valence-corrected chi connectivity index (χ0v) is 9.51. The van der Waals surface area contributed by atoms with Crippen molar-refractivity contribution in [3.05, 3.63) is 29.8 Å². The predicted octanol–water partition coefficient (Wildman–Crippen LogP) is 2.95. The highest BCUT2D eigenvalue weighted by Gasteiger charge is 2.19. The van der Waals surface area contributed by atoms with E-state index in [1.807, 2.05) is 25.1 Å². The molecule has 0 amide bonds. The van der Waals surface area contributed by atoms with Gasteiger partial charge in [-0.1, -0.05) is 29.5 Å². The van der Waals surface area contributed by atoms with Gasteiger partial charge in [0.05, 0.1) is 6.61 Å². The van der Waals surface area contributed by atoms with Gasteiger partial charge in [0.1, 0.15) is 0 Å². The van der Waals surface area contributed by atoms with Gasteiger partial charge in [-0.3, -0.25) is 0 Å². The number of carbonyl (C=O) groups is 1. The Hall–Kier alpha value is -1.03. The Kier molecular flexibility index (Phi) is 4.62. The van der Waals surface area contributed by atoms with E-state index in [9.17, 15) is 9.18 Å². The predicted molar refractivity (Wildman–Crippen MR) is 58.6 cm³/mol. The second-order valence-corrected chi connectivity index (χ2v) is 4.12. The number of ether oxygens (including phenoxy) is 1. The lowest BCUT2D eigenvalue weighted by Crippen LogP contribution is -2.15. The summed E-state index contributed by atoms with van der Waals surface area (Å²) in [6.45, 7) is 3.78. The molecule has 0 N–H and O–H groups in total. The van der Waals surface area contributed by atoms with Crippen molar-refractivity contribution in [2.45, 2.75) is 24.2 Å². The first-order valence-electron chi connectivity index (χ1n) is 4.67. The van der Waals surface area contributed by atoms with Crippen LogP contribution in [0.15, 0.2) is 29.2 Å². The molecule has 4 heteroatoms. The molecule has 0 spiro atoms. The monoisotopic (exact) mass is 228 g/mol. The van der Waals surface area contributed by atoms with Crippen LogP contribution in [0.25, 0.3) is 0 Å². The minimum absolute atomic E-state index is 0.202. The maximum Gasteiger partial charge on any atom is 0.351 e. The van der Waals surface area contributed by atoms with Crippen molar-refractivity contribution in [3.8, 4) is 0 Å². The van der Waals surface area contributed by atoms with Gasteiger partial charge in [-0.05, 0) is 26.0 Å². The lowest BCUT2D eigenvalue weighted by Gasteiger charge is -2.07. The molecule has 0 saturated heterocycles. The minimum Gasteiger partial charge on any atom is -0.463 e. The van der Waals surface area contributed by atoms with E-state index in [1.165, 1.54) is 0 Å². The fraction of sp³-hybridized carbons (Fsp3) is 0.364. The molecule has 1 rings (SSSR count). The molecular formula is C11H13FO2S. The third-order valence-electron chi connectivity index (χ3n) is 1.70. The van der Waals surface area contributed by atoms with Crippen LogP contribution in [0, 0.1) is 6.92 Å². The van der Waals surface area contributed by atoms with E-state index >= 15 is 0 Å². The molecular weight excluding hydrogens is 215 g/mol. The van der Waals surface area contributed by atoms with Crippen LogP contribution in [-0.4, -0.2) is 18.1 Å². The van der Waals surface area contributed by atoms with Gasteiger partial charge >= 0.3 is 5.97 Å². The van der Waals surface area contributed by atoms with Crippen molar-refractivity contribution in [2.24, 2.45) is 0 Å². The molecule has 0 bridgehead atoms. The molecule has 0 radical (unpaired) electrons. The van der Waals surface area contributed by atoms with Crippen molar-refractivity contribution < 1.29 is 13.9 Å². The quantitative estimate of drug-likeness (QED) is 0.585. The van der Waals surface area contributed by atoms with Crippen LogP contribution < -0.4 is 0 Å². The van der Waals surface area contributed by atoms with Gasteiger partial charge in [0.2, 0.25) is 5.50 Å². The van der Waals surface area contributed by atoms with Crippen LogP contribution in [-0.2, 0) is 9.53 Å². The first-order chi connectivity index (χ1) is 7.13. The summed E-state index contributed by atoms with van der Waals surface area (Å²) in [6, 6.07) is 7.34. The highest BCUT2D eigenvalue weighted by Crippen LogP contribution is 2.25. The number of rotatable bonds is 4. The number of halogens is 1. The van der Waals surface area contributed by atoms with Gasteiger partial charge < -0.3 is 4.74 Å². The standard InChI is InChI=1S/C11H13FO2S/c1-3-14-11(13)10(12)15-9-6-4-5-8(2)7-9/h4-7,10H,3H2,1-2H3. The summed E-state index contributed by atoms with van der Waals surface area (Å²) in [6.07, 6.45) is 0. The lowest BCUT2D eigenvalue weighted by molar-refractivity contribution is -0.145. The number of hydrogen-bond acceptors (Lipinski definition) is 3. The fourth-order valence-electron chi connectivity index (χ4n) is 1.06. The van der Waals surface area contributed by atoms with Gasteiger partial charge in [-0.2, -0.15) is 0 Å². The van der Waals surface area contributed by atoms with Crippen LogP contribution in [0.4, 0.5) is 4.39 Å². The van der Waals surface area contributed by atoms with E-state index in [1.54, 1.807) is 13.0 Å². The molecule has 15 heavy (non-hydrogen) atoms. The number of aryl methyl sites for hydroxylation is 1. The van der Waals surface area contributed by atoms with Crippen LogP contribution >= 0.6 is 11.8 Å². The second-order valence-electron chi connectivity index (χ2n) is 3.00. The van der Waals surface area contributed by atoms with E-state index in [4.69, 9.17) is 0 Å². The number of alkyl halides is 1. The SMILES string of the molecule is CCOC(=O)C(F)Sc1cccc(C)c1. The Morgan fingerprint density at radius 1 is 1.60 bits per heavy atom. The number of hydrogen-bond donors (Lipinski definition) is 0. The lowest BCUT2D eigenvalue weighted by atomic mass is 10.2. The Bertz CT molecular complexity index is 341. The summed E-state index contributed by atoms with van der Waals surface area (Å²) in [5.74, 6) is -0.816. The van der Waals surface area contributed by atoms with Gasteiger partial charge in [-0.25, -0.2) is 9.18 Å². The molecule has 1 unspecified atom stereocenters. The fourth-order valence-corrected chi connectivity index (χ4v) is 1.88. The Morgan fingerprint density at radius 3 is 2.93 bits per heavy atom. The number of benzene rings is 1. The largest absolute Gasteiger partial charge is 0.463 e. The van der Waals surface area contributed by atoms with Gasteiger partial charge in [-0.15, -0.1) is 0 Å². The molecule has 0 aliphatic carbocycles. The Morgan fingerprint density at radius 2 is 2.33 bits per heavy atom. The normalized spacial score (nSPS) is 12.2. The average molecular weight is 228 g/mol. The van der Waals surface area contributed by atoms with E-state index in [2.05, 4.69) is 4.74 Å². The Labute approximate surface area is 92.8 Å².